The summed E-state index contributed by atoms with van der Waals surface area (Å²) in [7, 11) is 3.81. The highest BCUT2D eigenvalue weighted by Gasteiger charge is 2.14. The number of benzene rings is 2. The summed E-state index contributed by atoms with van der Waals surface area (Å²) in [6.45, 7) is 5.31. The molecule has 0 spiro atoms. The van der Waals surface area contributed by atoms with Gasteiger partial charge in [-0.05, 0) is 87.2 Å². The molecule has 0 aliphatic carbocycles. The predicted molar refractivity (Wildman–Crippen MR) is 150 cm³/mol. The van der Waals surface area contributed by atoms with Gasteiger partial charge in [-0.2, -0.15) is 4.98 Å². The lowest BCUT2D eigenvalue weighted by atomic mass is 10.0. The number of ether oxygens (including phenoxy) is 2. The first-order valence-electron chi connectivity index (χ1n) is 13.4. The minimum Gasteiger partial charge on any atom is -0.493 e. The second-order valence-electron chi connectivity index (χ2n) is 9.85. The molecule has 8 nitrogen and oxygen atoms in total. The van der Waals surface area contributed by atoms with Crippen molar-refractivity contribution in [1.82, 2.24) is 14.9 Å². The van der Waals surface area contributed by atoms with Crippen LogP contribution in [0.3, 0.4) is 0 Å². The fourth-order valence-electron chi connectivity index (χ4n) is 5.15. The molecule has 3 heterocycles. The van der Waals surface area contributed by atoms with E-state index in [4.69, 9.17) is 9.47 Å². The van der Waals surface area contributed by atoms with Crippen molar-refractivity contribution in [2.45, 2.75) is 38.5 Å². The van der Waals surface area contributed by atoms with Gasteiger partial charge in [0.15, 0.2) is 11.5 Å². The van der Waals surface area contributed by atoms with Crippen LogP contribution in [0.5, 0.6) is 11.5 Å². The highest BCUT2D eigenvalue weighted by molar-refractivity contribution is 5.66. The maximum Gasteiger partial charge on any atom is 0.229 e. The van der Waals surface area contributed by atoms with Gasteiger partial charge in [0.1, 0.15) is 5.82 Å². The predicted octanol–water partition coefficient (Wildman–Crippen LogP) is 5.61. The Balaban J connectivity index is 1.18. The monoisotopic (exact) mass is 502 g/mol. The molecule has 2 aliphatic heterocycles. The first-order chi connectivity index (χ1) is 18.2. The second kappa shape index (κ2) is 12.1. The van der Waals surface area contributed by atoms with E-state index >= 15 is 0 Å². The van der Waals surface area contributed by atoms with Gasteiger partial charge in [-0.3, -0.25) is 0 Å². The van der Waals surface area contributed by atoms with E-state index in [1.807, 2.05) is 24.3 Å². The van der Waals surface area contributed by atoms with Gasteiger partial charge in [0.25, 0.3) is 0 Å². The summed E-state index contributed by atoms with van der Waals surface area (Å²) in [6.07, 6.45) is 9.04. The Morgan fingerprint density at radius 3 is 2.59 bits per heavy atom. The van der Waals surface area contributed by atoms with Crippen LogP contribution in [0.4, 0.5) is 28.8 Å². The Hall–Kier alpha value is -3.52. The average Bonchev–Trinajstić information content (AvgIpc) is 2.92. The van der Waals surface area contributed by atoms with Crippen LogP contribution in [0.2, 0.25) is 0 Å². The van der Waals surface area contributed by atoms with Crippen LogP contribution < -0.4 is 25.0 Å². The third-order valence-corrected chi connectivity index (χ3v) is 7.10. The Labute approximate surface area is 220 Å². The molecule has 0 amide bonds. The summed E-state index contributed by atoms with van der Waals surface area (Å²) < 4.78 is 11.6. The molecule has 2 N–H and O–H groups in total. The highest BCUT2D eigenvalue weighted by atomic mass is 16.5. The van der Waals surface area contributed by atoms with Crippen molar-refractivity contribution >= 4 is 28.8 Å². The quantitative estimate of drug-likeness (QED) is 0.347. The number of rotatable bonds is 10. The Bertz CT molecular complexity index is 1180. The van der Waals surface area contributed by atoms with Crippen LogP contribution in [0.1, 0.15) is 37.7 Å². The van der Waals surface area contributed by atoms with Gasteiger partial charge >= 0.3 is 0 Å². The van der Waals surface area contributed by atoms with Crippen molar-refractivity contribution in [2.24, 2.45) is 0 Å². The summed E-state index contributed by atoms with van der Waals surface area (Å²) >= 11 is 0. The van der Waals surface area contributed by atoms with E-state index in [9.17, 15) is 0 Å². The zero-order valence-corrected chi connectivity index (χ0v) is 22.0. The molecule has 196 valence electrons. The van der Waals surface area contributed by atoms with Gasteiger partial charge in [0.05, 0.1) is 13.7 Å². The lowest BCUT2D eigenvalue weighted by molar-refractivity contribution is 0.203. The lowest BCUT2D eigenvalue weighted by Gasteiger charge is -2.27. The first kappa shape index (κ1) is 25.1. The molecule has 0 radical (unpaired) electrons. The Morgan fingerprint density at radius 1 is 0.892 bits per heavy atom. The number of likely N-dealkylation sites (tertiary alicyclic amines) is 1. The molecule has 8 heteroatoms. The summed E-state index contributed by atoms with van der Waals surface area (Å²) in [5, 5.41) is 6.71. The number of anilines is 5. The number of methoxy groups -OCH3 is 1. The topological polar surface area (TPSA) is 74.8 Å². The molecule has 5 rings (SSSR count). The van der Waals surface area contributed by atoms with E-state index in [2.05, 4.69) is 55.6 Å². The van der Waals surface area contributed by atoms with Crippen molar-refractivity contribution in [3.63, 3.8) is 0 Å². The van der Waals surface area contributed by atoms with Crippen molar-refractivity contribution in [3.8, 4) is 11.5 Å². The lowest BCUT2D eigenvalue weighted by Crippen LogP contribution is -2.31. The number of nitrogens with one attached hydrogen (secondary N) is 2. The molecule has 0 saturated carbocycles. The average molecular weight is 503 g/mol. The van der Waals surface area contributed by atoms with Crippen molar-refractivity contribution < 1.29 is 9.47 Å². The minimum atomic E-state index is 0.514. The molecular formula is C29H38N6O2. The molecule has 2 aromatic carbocycles. The van der Waals surface area contributed by atoms with Gasteiger partial charge in [-0.1, -0.05) is 6.42 Å². The van der Waals surface area contributed by atoms with Crippen LogP contribution in [-0.4, -0.2) is 61.8 Å². The zero-order valence-electron chi connectivity index (χ0n) is 22.0. The first-order valence-corrected chi connectivity index (χ1v) is 13.4. The van der Waals surface area contributed by atoms with E-state index in [0.29, 0.717) is 18.3 Å². The second-order valence-corrected chi connectivity index (χ2v) is 9.85. The van der Waals surface area contributed by atoms with Crippen LogP contribution in [-0.2, 0) is 6.42 Å². The molecule has 1 saturated heterocycles. The van der Waals surface area contributed by atoms with E-state index in [-0.39, 0.29) is 0 Å². The molecular weight excluding hydrogens is 464 g/mol. The molecule has 3 aromatic rings. The number of aromatic nitrogens is 2. The Kier molecular flexibility index (Phi) is 8.25. The molecule has 1 fully saturated rings. The number of fused-ring (bicyclic) bond motifs is 1. The fourth-order valence-corrected chi connectivity index (χ4v) is 5.15. The molecule has 1 aromatic heterocycles. The van der Waals surface area contributed by atoms with Crippen LogP contribution in [0, 0.1) is 0 Å². The normalized spacial score (nSPS) is 15.7. The standard InChI is InChI=1S/C29H38N6O2/c1-34-15-6-8-22-20-23(9-11-25(22)34)31-28-13-14-30-29(33-28)32-24-10-12-26(27(21-24)36-2)37-19-7-18-35-16-4-3-5-17-35/h9-14,20-21H,3-8,15-19H2,1-2H3,(H2,30,31,32,33). The summed E-state index contributed by atoms with van der Waals surface area (Å²) in [6, 6.07) is 14.2. The SMILES string of the molecule is COc1cc(Nc2nccc(Nc3ccc4c(c3)CCCN4C)n2)ccc1OCCCN1CCCCC1. The fraction of sp³-hybridized carbons (Fsp3) is 0.448. The third-order valence-electron chi connectivity index (χ3n) is 7.10. The van der Waals surface area contributed by atoms with Gasteiger partial charge in [-0.25, -0.2) is 4.98 Å². The molecule has 0 unspecified atom stereocenters. The zero-order chi connectivity index (χ0) is 25.5. The van der Waals surface area contributed by atoms with Crippen molar-refractivity contribution in [1.29, 1.82) is 0 Å². The van der Waals surface area contributed by atoms with Crippen LogP contribution >= 0.6 is 0 Å². The third kappa shape index (κ3) is 6.63. The summed E-state index contributed by atoms with van der Waals surface area (Å²) in [4.78, 5) is 13.9. The number of hydrogen-bond acceptors (Lipinski definition) is 8. The number of aryl methyl sites for hydroxylation is 1. The maximum absolute atomic E-state index is 6.03. The van der Waals surface area contributed by atoms with Crippen LogP contribution in [0.25, 0.3) is 0 Å². The molecule has 0 bridgehead atoms. The molecule has 0 atom stereocenters. The highest BCUT2D eigenvalue weighted by Crippen LogP contribution is 2.32. The maximum atomic E-state index is 6.03. The number of hydrogen-bond donors (Lipinski definition) is 2. The number of piperidine rings is 1. The minimum absolute atomic E-state index is 0.514. The molecule has 37 heavy (non-hydrogen) atoms. The summed E-state index contributed by atoms with van der Waals surface area (Å²) in [5.74, 6) is 2.69. The smallest absolute Gasteiger partial charge is 0.229 e. The largest absolute Gasteiger partial charge is 0.493 e. The van der Waals surface area contributed by atoms with E-state index in [1.165, 1.54) is 50.0 Å². The van der Waals surface area contributed by atoms with E-state index in [0.717, 1.165) is 48.9 Å². The molecule has 2 aliphatic rings. The van der Waals surface area contributed by atoms with Gasteiger partial charge < -0.3 is 29.9 Å². The Morgan fingerprint density at radius 2 is 1.73 bits per heavy atom. The number of nitrogens with zero attached hydrogens (tertiary/aromatic N) is 4. The van der Waals surface area contributed by atoms with E-state index < -0.39 is 0 Å². The van der Waals surface area contributed by atoms with Crippen molar-refractivity contribution in [2.75, 3.05) is 62.5 Å². The van der Waals surface area contributed by atoms with Gasteiger partial charge in [0.2, 0.25) is 5.95 Å². The van der Waals surface area contributed by atoms with Gasteiger partial charge in [-0.15, -0.1) is 0 Å². The summed E-state index contributed by atoms with van der Waals surface area (Å²) in [5.41, 5.74) is 4.55. The van der Waals surface area contributed by atoms with Crippen molar-refractivity contribution in [3.05, 3.63) is 54.2 Å². The van der Waals surface area contributed by atoms with Gasteiger partial charge in [0, 0.05) is 49.5 Å². The van der Waals surface area contributed by atoms with Crippen LogP contribution in [0.15, 0.2) is 48.7 Å². The van der Waals surface area contributed by atoms with E-state index in [1.54, 1.807) is 13.3 Å².